The first-order valence-electron chi connectivity index (χ1n) is 4.49. The Morgan fingerprint density at radius 2 is 2.14 bits per heavy atom. The maximum atomic E-state index is 13.1. The summed E-state index contributed by atoms with van der Waals surface area (Å²) < 4.78 is 13.1. The molecule has 3 nitrogen and oxygen atoms in total. The first-order valence-corrected chi connectivity index (χ1v) is 4.49. The topological polar surface area (TPSA) is 49.5 Å². The van der Waals surface area contributed by atoms with Gasteiger partial charge in [0.05, 0.1) is 6.61 Å². The van der Waals surface area contributed by atoms with Crippen LogP contribution in [0.5, 0.6) is 0 Å². The lowest BCUT2D eigenvalue weighted by atomic mass is 10.2. The monoisotopic (exact) mass is 198 g/mol. The van der Waals surface area contributed by atoms with E-state index in [2.05, 4.69) is 0 Å². The Labute approximate surface area is 83.0 Å². The number of rotatable bonds is 4. The number of nitrogens with zero attached hydrogens (tertiary/aromatic N) is 1. The summed E-state index contributed by atoms with van der Waals surface area (Å²) in [6, 6.07) is 4.66. The summed E-state index contributed by atoms with van der Waals surface area (Å²) in [4.78, 5) is 1.78. The van der Waals surface area contributed by atoms with Gasteiger partial charge in [0.1, 0.15) is 5.82 Å². The molecule has 0 saturated heterocycles. The quantitative estimate of drug-likeness (QED) is 0.749. The van der Waals surface area contributed by atoms with Crippen molar-refractivity contribution in [2.75, 3.05) is 25.1 Å². The van der Waals surface area contributed by atoms with Gasteiger partial charge >= 0.3 is 0 Å². The summed E-state index contributed by atoms with van der Waals surface area (Å²) in [6.07, 6.45) is 0. The van der Waals surface area contributed by atoms with E-state index in [1.807, 2.05) is 6.07 Å². The van der Waals surface area contributed by atoms with Crippen LogP contribution in [-0.2, 0) is 6.54 Å². The summed E-state index contributed by atoms with van der Waals surface area (Å²) in [5, 5.41) is 8.73. The standard InChI is InChI=1S/C10H15FN2O/c1-13(2-3-14)10-5-8(7-12)4-9(11)6-10/h4-6,14H,2-3,7,12H2,1H3. The Bertz CT molecular complexity index is 304. The van der Waals surface area contributed by atoms with Crippen molar-refractivity contribution in [2.45, 2.75) is 6.54 Å². The molecule has 0 aliphatic carbocycles. The zero-order valence-electron chi connectivity index (χ0n) is 8.20. The van der Waals surface area contributed by atoms with E-state index in [0.717, 1.165) is 11.3 Å². The summed E-state index contributed by atoms with van der Waals surface area (Å²) >= 11 is 0. The lowest BCUT2D eigenvalue weighted by molar-refractivity contribution is 0.304. The third kappa shape index (κ3) is 2.68. The number of nitrogens with two attached hydrogens (primary N) is 1. The van der Waals surface area contributed by atoms with Crippen molar-refractivity contribution in [1.29, 1.82) is 0 Å². The number of hydrogen-bond donors (Lipinski definition) is 2. The van der Waals surface area contributed by atoms with Gasteiger partial charge in [-0.25, -0.2) is 4.39 Å². The molecule has 0 bridgehead atoms. The van der Waals surface area contributed by atoms with Gasteiger partial charge in [-0.1, -0.05) is 0 Å². The van der Waals surface area contributed by atoms with Crippen LogP contribution in [-0.4, -0.2) is 25.3 Å². The second kappa shape index (κ2) is 4.93. The van der Waals surface area contributed by atoms with Crippen LogP contribution in [0.25, 0.3) is 0 Å². The molecular formula is C10H15FN2O. The minimum absolute atomic E-state index is 0.0466. The van der Waals surface area contributed by atoms with Gasteiger partial charge in [0.15, 0.2) is 0 Å². The summed E-state index contributed by atoms with van der Waals surface area (Å²) in [7, 11) is 1.80. The number of hydrogen-bond acceptors (Lipinski definition) is 3. The Morgan fingerprint density at radius 1 is 1.43 bits per heavy atom. The van der Waals surface area contributed by atoms with E-state index in [1.54, 1.807) is 11.9 Å². The maximum absolute atomic E-state index is 13.1. The highest BCUT2D eigenvalue weighted by Gasteiger charge is 2.03. The van der Waals surface area contributed by atoms with Gasteiger partial charge in [0.2, 0.25) is 0 Å². The number of likely N-dealkylation sites (N-methyl/N-ethyl adjacent to an activating group) is 1. The lowest BCUT2D eigenvalue weighted by Gasteiger charge is -2.18. The van der Waals surface area contributed by atoms with Crippen molar-refractivity contribution < 1.29 is 9.50 Å². The number of anilines is 1. The van der Waals surface area contributed by atoms with Crippen LogP contribution in [0.15, 0.2) is 18.2 Å². The highest BCUT2D eigenvalue weighted by Crippen LogP contribution is 2.16. The highest BCUT2D eigenvalue weighted by molar-refractivity contribution is 5.48. The minimum Gasteiger partial charge on any atom is -0.395 e. The molecule has 1 aromatic rings. The molecule has 0 radical (unpaired) electrons. The van der Waals surface area contributed by atoms with Crippen LogP contribution in [0, 0.1) is 5.82 Å². The highest BCUT2D eigenvalue weighted by atomic mass is 19.1. The van der Waals surface area contributed by atoms with Gasteiger partial charge < -0.3 is 15.7 Å². The van der Waals surface area contributed by atoms with Gasteiger partial charge in [0, 0.05) is 25.8 Å². The average Bonchev–Trinajstić information content (AvgIpc) is 2.17. The number of aliphatic hydroxyl groups is 1. The predicted octanol–water partition coefficient (Wildman–Crippen LogP) is 0.713. The van der Waals surface area contributed by atoms with Gasteiger partial charge in [-0.3, -0.25) is 0 Å². The van der Waals surface area contributed by atoms with Crippen molar-refractivity contribution in [3.63, 3.8) is 0 Å². The van der Waals surface area contributed by atoms with Gasteiger partial charge in [0.25, 0.3) is 0 Å². The normalized spacial score (nSPS) is 10.3. The molecule has 0 fully saturated rings. The zero-order chi connectivity index (χ0) is 10.6. The number of aliphatic hydroxyl groups excluding tert-OH is 1. The van der Waals surface area contributed by atoms with Crippen molar-refractivity contribution in [1.82, 2.24) is 0 Å². The van der Waals surface area contributed by atoms with Crippen molar-refractivity contribution in [3.05, 3.63) is 29.6 Å². The van der Waals surface area contributed by atoms with Crippen LogP contribution in [0.1, 0.15) is 5.56 Å². The molecule has 0 spiro atoms. The lowest BCUT2D eigenvalue weighted by Crippen LogP contribution is -2.21. The van der Waals surface area contributed by atoms with E-state index in [-0.39, 0.29) is 12.4 Å². The van der Waals surface area contributed by atoms with E-state index in [9.17, 15) is 4.39 Å². The molecule has 1 aromatic carbocycles. The molecule has 1 rings (SSSR count). The Morgan fingerprint density at radius 3 is 2.71 bits per heavy atom. The summed E-state index contributed by atoms with van der Waals surface area (Å²) in [6.45, 7) is 0.843. The average molecular weight is 198 g/mol. The van der Waals surface area contributed by atoms with Crippen LogP contribution >= 0.6 is 0 Å². The molecule has 14 heavy (non-hydrogen) atoms. The second-order valence-electron chi connectivity index (χ2n) is 3.17. The molecule has 0 aromatic heterocycles. The molecule has 3 N–H and O–H groups in total. The van der Waals surface area contributed by atoms with Crippen molar-refractivity contribution >= 4 is 5.69 Å². The maximum Gasteiger partial charge on any atom is 0.125 e. The predicted molar refractivity (Wildman–Crippen MR) is 54.6 cm³/mol. The summed E-state index contributed by atoms with van der Waals surface area (Å²) in [5.41, 5.74) is 6.92. The minimum atomic E-state index is -0.298. The third-order valence-electron chi connectivity index (χ3n) is 2.05. The molecule has 0 unspecified atom stereocenters. The second-order valence-corrected chi connectivity index (χ2v) is 3.17. The molecular weight excluding hydrogens is 183 g/mol. The fraction of sp³-hybridized carbons (Fsp3) is 0.400. The van der Waals surface area contributed by atoms with Gasteiger partial charge in [-0.05, 0) is 23.8 Å². The molecule has 0 atom stereocenters. The summed E-state index contributed by atoms with van der Waals surface area (Å²) in [5.74, 6) is -0.298. The number of benzene rings is 1. The van der Waals surface area contributed by atoms with Crippen LogP contribution in [0.4, 0.5) is 10.1 Å². The Kier molecular flexibility index (Phi) is 3.85. The van der Waals surface area contributed by atoms with Crippen molar-refractivity contribution in [2.24, 2.45) is 5.73 Å². The van der Waals surface area contributed by atoms with Gasteiger partial charge in [-0.15, -0.1) is 0 Å². The van der Waals surface area contributed by atoms with Crippen LogP contribution < -0.4 is 10.6 Å². The number of halogens is 1. The van der Waals surface area contributed by atoms with Crippen molar-refractivity contribution in [3.8, 4) is 0 Å². The molecule has 0 amide bonds. The first-order chi connectivity index (χ1) is 6.67. The van der Waals surface area contributed by atoms with Crippen LogP contribution in [0.2, 0.25) is 0 Å². The first kappa shape index (κ1) is 10.9. The molecule has 0 aliphatic heterocycles. The van der Waals surface area contributed by atoms with Crippen LogP contribution in [0.3, 0.4) is 0 Å². The van der Waals surface area contributed by atoms with Gasteiger partial charge in [-0.2, -0.15) is 0 Å². The van der Waals surface area contributed by atoms with E-state index >= 15 is 0 Å². The fourth-order valence-electron chi connectivity index (χ4n) is 1.25. The molecule has 0 aliphatic rings. The smallest absolute Gasteiger partial charge is 0.125 e. The zero-order valence-corrected chi connectivity index (χ0v) is 8.20. The molecule has 78 valence electrons. The van der Waals surface area contributed by atoms with E-state index in [1.165, 1.54) is 12.1 Å². The van der Waals surface area contributed by atoms with E-state index in [4.69, 9.17) is 10.8 Å². The van der Waals surface area contributed by atoms with E-state index < -0.39 is 0 Å². The Balaban J connectivity index is 2.90. The van der Waals surface area contributed by atoms with E-state index in [0.29, 0.717) is 13.1 Å². The molecule has 0 heterocycles. The molecule has 4 heteroatoms. The molecule has 0 saturated carbocycles. The largest absolute Gasteiger partial charge is 0.395 e. The third-order valence-corrected chi connectivity index (χ3v) is 2.05. The Hall–Kier alpha value is -1.13. The SMILES string of the molecule is CN(CCO)c1cc(F)cc(CN)c1. The fourth-order valence-corrected chi connectivity index (χ4v) is 1.25.